The quantitative estimate of drug-likeness (QED) is 0.246. The van der Waals surface area contributed by atoms with Gasteiger partial charge in [-0.15, -0.1) is 0 Å². The number of carbonyl (C=O) groups excluding carboxylic acids is 2. The number of benzene rings is 1. The Kier molecular flexibility index (Phi) is 9.75. The number of rotatable bonds is 8. The Bertz CT molecular complexity index is 764. The molecular weight excluding hydrogens is 451 g/mol. The number of para-hydroxylation sites is 1. The van der Waals surface area contributed by atoms with Crippen LogP contribution in [0.3, 0.4) is 0 Å². The Morgan fingerprint density at radius 3 is 2.03 bits per heavy atom. The minimum Gasteiger partial charge on any atom is -0.763 e. The van der Waals surface area contributed by atoms with Gasteiger partial charge in [0, 0.05) is 11.7 Å². The lowest BCUT2D eigenvalue weighted by Crippen LogP contribution is -2.40. The lowest BCUT2D eigenvalue weighted by Gasteiger charge is -2.39. The van der Waals surface area contributed by atoms with Crippen molar-refractivity contribution in [2.24, 2.45) is 0 Å². The van der Waals surface area contributed by atoms with Gasteiger partial charge in [0.1, 0.15) is 0 Å². The number of hydrogen-bond donors (Lipinski definition) is 0. The largest absolute Gasteiger partial charge is 0.763 e. The van der Waals surface area contributed by atoms with E-state index in [-0.39, 0.29) is 12.2 Å². The number of ether oxygens (including phenoxy) is 1. The fraction of sp³-hybridized carbons (Fsp3) is 0.545. The third kappa shape index (κ3) is 5.57. The monoisotopic (exact) mass is 482 g/mol. The Labute approximate surface area is 183 Å². The van der Waals surface area contributed by atoms with Crippen molar-refractivity contribution in [1.29, 1.82) is 0 Å². The zero-order chi connectivity index (χ0) is 22.4. The molecule has 0 fully saturated rings. The normalized spacial score (nSPS) is 11.6. The van der Waals surface area contributed by atoms with Crippen LogP contribution in [-0.4, -0.2) is 47.6 Å². The van der Waals surface area contributed by atoms with Crippen molar-refractivity contribution in [3.8, 4) is 0 Å². The molecule has 1 aromatic rings. The average Bonchev–Trinajstić information content (AvgIpc) is 2.63. The second-order valence-electron chi connectivity index (χ2n) is 7.82. The highest BCUT2D eigenvalue weighted by Gasteiger charge is 2.49. The van der Waals surface area contributed by atoms with Crippen molar-refractivity contribution in [2.45, 2.75) is 65.4 Å². The summed E-state index contributed by atoms with van der Waals surface area (Å²) in [5, 5.41) is 9.90. The first-order valence-electron chi connectivity index (χ1n) is 9.93. The summed E-state index contributed by atoms with van der Waals surface area (Å²) < 4.78 is 5.71. The van der Waals surface area contributed by atoms with Gasteiger partial charge in [0.05, 0.1) is 41.0 Å². The highest BCUT2D eigenvalue weighted by atomic mass is 79.9. The van der Waals surface area contributed by atoms with E-state index in [1.807, 2.05) is 0 Å². The molecule has 0 atom stereocenters. The number of nitrogens with zero attached hydrogens (tertiary/aromatic N) is 2. The highest BCUT2D eigenvalue weighted by Crippen LogP contribution is 2.70. The molecule has 0 aromatic heterocycles. The van der Waals surface area contributed by atoms with E-state index in [0.717, 1.165) is 4.90 Å². The molecule has 0 spiro atoms. The minimum absolute atomic E-state index is 0.109. The predicted molar refractivity (Wildman–Crippen MR) is 128 cm³/mol. The Balaban J connectivity index is 3.48. The molecule has 0 heterocycles. The summed E-state index contributed by atoms with van der Waals surface area (Å²) in [6.07, 6.45) is -0.366. The van der Waals surface area contributed by atoms with E-state index >= 15 is 0 Å². The third-order valence-corrected chi connectivity index (χ3v) is 12.8. The van der Waals surface area contributed by atoms with Crippen molar-refractivity contribution in [3.63, 3.8) is 0 Å². The lowest BCUT2D eigenvalue weighted by molar-refractivity contribution is -0.114. The van der Waals surface area contributed by atoms with Crippen LogP contribution in [0.5, 0.6) is 0 Å². The van der Waals surface area contributed by atoms with Crippen LogP contribution < -0.4 is 4.90 Å². The van der Waals surface area contributed by atoms with Gasteiger partial charge in [-0.3, -0.25) is 10.7 Å². The fourth-order valence-corrected chi connectivity index (χ4v) is 9.90. The Morgan fingerprint density at radius 1 is 1.10 bits per heavy atom. The summed E-state index contributed by atoms with van der Waals surface area (Å²) in [5.74, 6) is 1.51. The number of hydrogen-bond acceptors (Lipinski definition) is 3. The van der Waals surface area contributed by atoms with Gasteiger partial charge in [-0.05, 0) is 76.5 Å². The molecule has 0 aliphatic heterocycles. The number of anilines is 1. The van der Waals surface area contributed by atoms with E-state index in [0.29, 0.717) is 33.3 Å². The maximum atomic E-state index is 13.5. The first kappa shape index (κ1) is 25.6. The van der Waals surface area contributed by atoms with Gasteiger partial charge in [0.15, 0.2) is 0 Å². The van der Waals surface area contributed by atoms with E-state index < -0.39 is 19.3 Å². The van der Waals surface area contributed by atoms with Gasteiger partial charge < -0.3 is 10.1 Å². The second-order valence-corrected chi connectivity index (χ2v) is 14.1. The SMILES string of the molecule is CCOC(=O)N(C(=O)C(=C=[N-])C[P+](C(C)C)(C(C)C)C(C)C)c1ccccc1Br. The summed E-state index contributed by atoms with van der Waals surface area (Å²) in [6, 6.07) is 6.93. The van der Waals surface area contributed by atoms with E-state index in [2.05, 4.69) is 63.3 Å². The van der Waals surface area contributed by atoms with E-state index in [1.54, 1.807) is 31.2 Å². The zero-order valence-electron chi connectivity index (χ0n) is 18.4. The summed E-state index contributed by atoms with van der Waals surface area (Å²) >= 11 is 3.40. The molecule has 0 unspecified atom stereocenters. The van der Waals surface area contributed by atoms with Gasteiger partial charge in [-0.25, -0.2) is 9.69 Å². The molecule has 1 rings (SSSR count). The van der Waals surface area contributed by atoms with Crippen molar-refractivity contribution >= 4 is 46.8 Å². The molecule has 2 amide bonds. The zero-order valence-corrected chi connectivity index (χ0v) is 20.9. The van der Waals surface area contributed by atoms with Crippen molar-refractivity contribution < 1.29 is 14.3 Å². The fourth-order valence-electron chi connectivity index (χ4n) is 4.01. The third-order valence-electron chi connectivity index (χ3n) is 5.46. The molecule has 0 N–H and O–H groups in total. The van der Waals surface area contributed by atoms with Gasteiger partial charge in [-0.2, -0.15) is 0 Å². The van der Waals surface area contributed by atoms with Crippen LogP contribution in [0.15, 0.2) is 34.3 Å². The van der Waals surface area contributed by atoms with Gasteiger partial charge in [0.2, 0.25) is 0 Å². The molecule has 5 nitrogen and oxygen atoms in total. The van der Waals surface area contributed by atoms with Crippen molar-refractivity contribution in [3.05, 3.63) is 39.7 Å². The maximum absolute atomic E-state index is 13.5. The molecule has 0 aliphatic carbocycles. The molecule has 160 valence electrons. The van der Waals surface area contributed by atoms with Crippen molar-refractivity contribution in [1.82, 2.24) is 0 Å². The standard InChI is InChI=1S/C22H32BrN2O3P/c1-8-28-22(27)25(20-12-10-9-11-19(20)23)21(26)18(13-24)14-29(15(2)3,16(4)5)17(6)7/h9-12,15-17H,8,14H2,1-7H3. The predicted octanol–water partition coefficient (Wildman–Crippen LogP) is 6.35. The van der Waals surface area contributed by atoms with E-state index in [1.165, 1.54) is 0 Å². The summed E-state index contributed by atoms with van der Waals surface area (Å²) in [6.45, 7) is 14.8. The van der Waals surface area contributed by atoms with E-state index in [4.69, 9.17) is 4.74 Å². The van der Waals surface area contributed by atoms with Crippen LogP contribution in [-0.2, 0) is 9.53 Å². The van der Waals surface area contributed by atoms with Crippen LogP contribution in [0.25, 0.3) is 5.41 Å². The van der Waals surface area contributed by atoms with Crippen molar-refractivity contribution in [2.75, 3.05) is 17.7 Å². The Hall–Kier alpha value is -1.48. The average molecular weight is 483 g/mol. The number of amides is 2. The smallest absolute Gasteiger partial charge is 0.421 e. The molecule has 0 saturated heterocycles. The molecule has 1 aromatic carbocycles. The highest BCUT2D eigenvalue weighted by molar-refractivity contribution is 9.10. The Morgan fingerprint density at radius 2 is 1.62 bits per heavy atom. The lowest BCUT2D eigenvalue weighted by atomic mass is 10.2. The second kappa shape index (κ2) is 11.1. The van der Waals surface area contributed by atoms with Gasteiger partial charge in [0.25, 0.3) is 5.91 Å². The number of halogens is 1. The molecular formula is C22H32BrN2O3P. The summed E-state index contributed by atoms with van der Waals surface area (Å²) in [7, 11) is -1.70. The van der Waals surface area contributed by atoms with Crippen LogP contribution in [0.2, 0.25) is 0 Å². The summed E-state index contributed by atoms with van der Waals surface area (Å²) in [5.41, 5.74) is 1.55. The maximum Gasteiger partial charge on any atom is 0.421 e. The minimum atomic E-state index is -1.70. The molecule has 0 saturated carbocycles. The van der Waals surface area contributed by atoms with Gasteiger partial charge in [-0.1, -0.05) is 12.1 Å². The van der Waals surface area contributed by atoms with Gasteiger partial charge >= 0.3 is 6.09 Å². The number of imide groups is 1. The number of carbonyl (C=O) groups is 2. The molecule has 0 aliphatic rings. The molecule has 0 bridgehead atoms. The van der Waals surface area contributed by atoms with Crippen LogP contribution in [0.4, 0.5) is 10.5 Å². The molecule has 7 heteroatoms. The van der Waals surface area contributed by atoms with Crippen LogP contribution in [0.1, 0.15) is 48.5 Å². The first-order valence-corrected chi connectivity index (χ1v) is 12.9. The molecule has 0 radical (unpaired) electrons. The molecule has 29 heavy (non-hydrogen) atoms. The summed E-state index contributed by atoms with van der Waals surface area (Å²) in [4.78, 5) is 27.1. The topological polar surface area (TPSA) is 68.9 Å². The van der Waals surface area contributed by atoms with E-state index in [9.17, 15) is 15.0 Å². The van der Waals surface area contributed by atoms with Crippen LogP contribution >= 0.6 is 23.2 Å². The first-order chi connectivity index (χ1) is 13.5. The van der Waals surface area contributed by atoms with Crippen LogP contribution in [0, 0.1) is 0 Å².